The number of rotatable bonds is 7. The topological polar surface area (TPSA) is 80.7 Å². The second kappa shape index (κ2) is 11.1. The van der Waals surface area contributed by atoms with Crippen molar-refractivity contribution in [1.29, 1.82) is 0 Å². The van der Waals surface area contributed by atoms with Crippen molar-refractivity contribution in [2.75, 3.05) is 51.4 Å². The molecule has 8 nitrogen and oxygen atoms in total. The third-order valence-electron chi connectivity index (χ3n) is 5.74. The van der Waals surface area contributed by atoms with E-state index in [0.717, 1.165) is 60.8 Å². The number of thiazole rings is 1. The standard InChI is InChI=1S/C24H25N5O3S.ClH/c1-31-18-4-6-22-21(16-18)27-24(33-22)29(10-2-9-28-11-13-32-14-12-28)23(30)17-3-5-19-20(15-17)26-8-7-25-19;/h3-8,15-16H,2,9-14H2,1H3;1H. The fourth-order valence-electron chi connectivity index (χ4n) is 3.95. The predicted octanol–water partition coefficient (Wildman–Crippen LogP) is 4.04. The van der Waals surface area contributed by atoms with Gasteiger partial charge in [0.15, 0.2) is 5.13 Å². The molecule has 0 aliphatic carbocycles. The molecule has 4 aromatic rings. The first-order valence-corrected chi connectivity index (χ1v) is 11.8. The Morgan fingerprint density at radius 3 is 2.68 bits per heavy atom. The van der Waals surface area contributed by atoms with E-state index in [2.05, 4.69) is 14.9 Å². The number of fused-ring (bicyclic) bond motifs is 2. The zero-order valence-electron chi connectivity index (χ0n) is 18.8. The number of carbonyl (C=O) groups is 1. The summed E-state index contributed by atoms with van der Waals surface area (Å²) in [6.45, 7) is 4.87. The molecule has 10 heteroatoms. The predicted molar refractivity (Wildman–Crippen MR) is 137 cm³/mol. The number of aromatic nitrogens is 3. The smallest absolute Gasteiger partial charge is 0.260 e. The highest BCUT2D eigenvalue weighted by Crippen LogP contribution is 2.32. The van der Waals surface area contributed by atoms with E-state index in [1.807, 2.05) is 30.3 Å². The molecule has 178 valence electrons. The molecule has 34 heavy (non-hydrogen) atoms. The first-order valence-electron chi connectivity index (χ1n) is 11.0. The van der Waals surface area contributed by atoms with Gasteiger partial charge in [0, 0.05) is 50.2 Å². The van der Waals surface area contributed by atoms with Crippen molar-refractivity contribution in [2.45, 2.75) is 6.42 Å². The van der Waals surface area contributed by atoms with Gasteiger partial charge >= 0.3 is 0 Å². The van der Waals surface area contributed by atoms with Gasteiger partial charge in [-0.25, -0.2) is 4.98 Å². The van der Waals surface area contributed by atoms with Crippen molar-refractivity contribution in [1.82, 2.24) is 19.9 Å². The number of carbonyl (C=O) groups excluding carboxylic acids is 1. The molecule has 1 aliphatic heterocycles. The minimum Gasteiger partial charge on any atom is -0.497 e. The maximum Gasteiger partial charge on any atom is 0.260 e. The first kappa shape index (κ1) is 24.3. The van der Waals surface area contributed by atoms with Crippen LogP contribution in [0.4, 0.5) is 5.13 Å². The number of hydrogen-bond acceptors (Lipinski definition) is 8. The maximum absolute atomic E-state index is 13.7. The van der Waals surface area contributed by atoms with E-state index in [9.17, 15) is 4.79 Å². The highest BCUT2D eigenvalue weighted by atomic mass is 35.5. The van der Waals surface area contributed by atoms with Crippen molar-refractivity contribution < 1.29 is 14.3 Å². The van der Waals surface area contributed by atoms with Crippen LogP contribution in [0, 0.1) is 0 Å². The summed E-state index contributed by atoms with van der Waals surface area (Å²) in [4.78, 5) is 31.3. The molecule has 3 heterocycles. The molecule has 0 radical (unpaired) electrons. The zero-order chi connectivity index (χ0) is 22.6. The number of halogens is 1. The van der Waals surface area contributed by atoms with Crippen LogP contribution >= 0.6 is 23.7 Å². The summed E-state index contributed by atoms with van der Waals surface area (Å²) >= 11 is 1.51. The van der Waals surface area contributed by atoms with Gasteiger partial charge in [-0.2, -0.15) is 0 Å². The lowest BCUT2D eigenvalue weighted by molar-refractivity contribution is 0.0376. The minimum absolute atomic E-state index is 0. The van der Waals surface area contributed by atoms with Gasteiger partial charge in [-0.05, 0) is 36.8 Å². The van der Waals surface area contributed by atoms with Crippen LogP contribution in [-0.4, -0.2) is 72.3 Å². The molecule has 0 atom stereocenters. The molecule has 1 fully saturated rings. The Morgan fingerprint density at radius 1 is 1.09 bits per heavy atom. The summed E-state index contributed by atoms with van der Waals surface area (Å²) < 4.78 is 11.8. The molecular formula is C24H26ClN5O3S. The fraction of sp³-hybridized carbons (Fsp3) is 0.333. The molecule has 1 aliphatic rings. The van der Waals surface area contributed by atoms with Gasteiger partial charge in [-0.15, -0.1) is 12.4 Å². The monoisotopic (exact) mass is 499 g/mol. The average molecular weight is 500 g/mol. The number of hydrogen-bond donors (Lipinski definition) is 0. The van der Waals surface area contributed by atoms with Gasteiger partial charge in [-0.1, -0.05) is 11.3 Å². The quantitative estimate of drug-likeness (QED) is 0.379. The number of benzene rings is 2. The van der Waals surface area contributed by atoms with Crippen molar-refractivity contribution in [3.8, 4) is 5.75 Å². The number of methoxy groups -OCH3 is 1. The second-order valence-electron chi connectivity index (χ2n) is 7.85. The Labute approximate surface area is 207 Å². The summed E-state index contributed by atoms with van der Waals surface area (Å²) in [7, 11) is 1.64. The number of amides is 1. The van der Waals surface area contributed by atoms with Gasteiger partial charge in [-0.3, -0.25) is 24.6 Å². The summed E-state index contributed by atoms with van der Waals surface area (Å²) in [6.07, 6.45) is 4.13. The van der Waals surface area contributed by atoms with Crippen LogP contribution in [0.1, 0.15) is 16.8 Å². The van der Waals surface area contributed by atoms with Gasteiger partial charge in [0.25, 0.3) is 5.91 Å². The summed E-state index contributed by atoms with van der Waals surface area (Å²) in [5.41, 5.74) is 2.86. The van der Waals surface area contributed by atoms with E-state index in [0.29, 0.717) is 22.8 Å². The lowest BCUT2D eigenvalue weighted by atomic mass is 10.1. The van der Waals surface area contributed by atoms with Crippen LogP contribution in [0.3, 0.4) is 0 Å². The third-order valence-corrected chi connectivity index (χ3v) is 6.79. The highest BCUT2D eigenvalue weighted by Gasteiger charge is 2.22. The first-order chi connectivity index (χ1) is 16.2. The molecule has 2 aromatic carbocycles. The Bertz CT molecular complexity index is 1280. The molecule has 0 unspecified atom stereocenters. The van der Waals surface area contributed by atoms with E-state index >= 15 is 0 Å². The molecule has 2 aromatic heterocycles. The third kappa shape index (κ3) is 5.28. The number of morpholine rings is 1. The number of nitrogens with zero attached hydrogens (tertiary/aromatic N) is 5. The minimum atomic E-state index is -0.0875. The van der Waals surface area contributed by atoms with Crippen molar-refractivity contribution in [3.63, 3.8) is 0 Å². The molecule has 5 rings (SSSR count). The van der Waals surface area contributed by atoms with Crippen LogP contribution < -0.4 is 9.64 Å². The molecule has 0 bridgehead atoms. The average Bonchev–Trinajstić information content (AvgIpc) is 3.29. The molecule has 0 saturated carbocycles. The van der Waals surface area contributed by atoms with Crippen LogP contribution in [0.2, 0.25) is 0 Å². The van der Waals surface area contributed by atoms with Gasteiger partial charge in [0.2, 0.25) is 0 Å². The Hall–Kier alpha value is -2.85. The van der Waals surface area contributed by atoms with E-state index in [1.54, 1.807) is 30.5 Å². The van der Waals surface area contributed by atoms with Crippen molar-refractivity contribution in [2.24, 2.45) is 0 Å². The lowest BCUT2D eigenvalue weighted by Crippen LogP contribution is -2.39. The van der Waals surface area contributed by atoms with Gasteiger partial charge in [0.1, 0.15) is 5.75 Å². The van der Waals surface area contributed by atoms with Crippen molar-refractivity contribution in [3.05, 3.63) is 54.4 Å². The number of ether oxygens (including phenoxy) is 2. The van der Waals surface area contributed by atoms with Gasteiger partial charge < -0.3 is 9.47 Å². The van der Waals surface area contributed by atoms with E-state index < -0.39 is 0 Å². The molecule has 1 saturated heterocycles. The van der Waals surface area contributed by atoms with Crippen LogP contribution in [0.15, 0.2) is 48.8 Å². The number of anilines is 1. The molecule has 0 N–H and O–H groups in total. The SMILES string of the molecule is COc1ccc2sc(N(CCCN3CCOCC3)C(=O)c3ccc4nccnc4c3)nc2c1.Cl. The molecule has 1 amide bonds. The maximum atomic E-state index is 13.7. The lowest BCUT2D eigenvalue weighted by Gasteiger charge is -2.27. The van der Waals surface area contributed by atoms with Crippen LogP contribution in [0.25, 0.3) is 21.3 Å². The van der Waals surface area contributed by atoms with Crippen LogP contribution in [0.5, 0.6) is 5.75 Å². The van der Waals surface area contributed by atoms with Crippen LogP contribution in [-0.2, 0) is 4.74 Å². The molecular weight excluding hydrogens is 474 g/mol. The zero-order valence-corrected chi connectivity index (χ0v) is 20.5. The van der Waals surface area contributed by atoms with Gasteiger partial charge in [0.05, 0.1) is 41.6 Å². The van der Waals surface area contributed by atoms with E-state index in [1.165, 1.54) is 11.3 Å². The summed E-state index contributed by atoms with van der Waals surface area (Å²) in [6, 6.07) is 11.2. The largest absolute Gasteiger partial charge is 0.497 e. The van der Waals surface area contributed by atoms with E-state index in [-0.39, 0.29) is 18.3 Å². The summed E-state index contributed by atoms with van der Waals surface area (Å²) in [5, 5.41) is 0.685. The Morgan fingerprint density at radius 2 is 1.88 bits per heavy atom. The second-order valence-corrected chi connectivity index (χ2v) is 8.86. The Kier molecular flexibility index (Phi) is 7.89. The summed E-state index contributed by atoms with van der Waals surface area (Å²) in [5.74, 6) is 0.660. The fourth-order valence-corrected chi connectivity index (χ4v) is 4.92. The van der Waals surface area contributed by atoms with E-state index in [4.69, 9.17) is 14.5 Å². The van der Waals surface area contributed by atoms with Crippen molar-refractivity contribution >= 4 is 56.0 Å². The Balaban J connectivity index is 0.00000274. The molecule has 0 spiro atoms. The highest BCUT2D eigenvalue weighted by molar-refractivity contribution is 7.22. The normalized spacial score (nSPS) is 14.1.